The minimum Gasteiger partial charge on any atom is -0.389 e. The van der Waals surface area contributed by atoms with Crippen LogP contribution in [0.1, 0.15) is 20.3 Å². The Hall–Kier alpha value is -0.770. The first-order valence-corrected chi connectivity index (χ1v) is 5.28. The van der Waals surface area contributed by atoms with E-state index < -0.39 is 0 Å². The Morgan fingerprint density at radius 3 is 2.86 bits per heavy atom. The maximum Gasteiger partial charge on any atom is 0.191 e. The molecule has 0 aromatic rings. The Balaban J connectivity index is 1.72. The molecule has 0 bridgehead atoms. The quantitative estimate of drug-likeness (QED) is 0.581. The number of nitrogens with zero attached hydrogens (tertiary/aromatic N) is 1. The second-order valence-corrected chi connectivity index (χ2v) is 4.99. The molecule has 0 radical (unpaired) electrons. The summed E-state index contributed by atoms with van der Waals surface area (Å²) in [4.78, 5) is 4.20. The maximum absolute atomic E-state index is 9.20. The Kier molecular flexibility index (Phi) is 2.39. The highest BCUT2D eigenvalue weighted by atomic mass is 16.3. The van der Waals surface area contributed by atoms with Gasteiger partial charge in [0, 0.05) is 13.1 Å². The molecule has 3 N–H and O–H groups in total. The third-order valence-corrected chi connectivity index (χ3v) is 3.20. The molecule has 2 rings (SSSR count). The van der Waals surface area contributed by atoms with E-state index in [4.69, 9.17) is 0 Å². The molecule has 14 heavy (non-hydrogen) atoms. The van der Waals surface area contributed by atoms with Gasteiger partial charge in [-0.2, -0.15) is 0 Å². The molecule has 4 heteroatoms. The summed E-state index contributed by atoms with van der Waals surface area (Å²) in [7, 11) is 0. The average molecular weight is 197 g/mol. The maximum atomic E-state index is 9.20. The van der Waals surface area contributed by atoms with Crippen molar-refractivity contribution in [2.45, 2.75) is 26.4 Å². The minimum atomic E-state index is -0.321. The van der Waals surface area contributed by atoms with Crippen molar-refractivity contribution >= 4 is 5.96 Å². The van der Waals surface area contributed by atoms with Crippen molar-refractivity contribution in [3.63, 3.8) is 0 Å². The molecule has 0 aromatic heterocycles. The Bertz CT molecular complexity index is 250. The van der Waals surface area contributed by atoms with Gasteiger partial charge in [-0.05, 0) is 17.8 Å². The fourth-order valence-electron chi connectivity index (χ4n) is 1.79. The zero-order valence-electron chi connectivity index (χ0n) is 8.88. The monoisotopic (exact) mass is 197 g/mol. The van der Waals surface area contributed by atoms with Crippen LogP contribution in [0.2, 0.25) is 0 Å². The summed E-state index contributed by atoms with van der Waals surface area (Å²) in [5.74, 6) is 1.62. The van der Waals surface area contributed by atoms with Gasteiger partial charge in [-0.3, -0.25) is 4.99 Å². The number of nitrogens with one attached hydrogen (secondary N) is 2. The lowest BCUT2D eigenvalue weighted by Gasteiger charge is -2.20. The molecular formula is C10H19N3O. The highest BCUT2D eigenvalue weighted by Gasteiger charge is 2.45. The fraction of sp³-hybridized carbons (Fsp3) is 0.900. The highest BCUT2D eigenvalue weighted by molar-refractivity contribution is 5.80. The molecule has 1 heterocycles. The molecule has 1 saturated carbocycles. The van der Waals surface area contributed by atoms with Crippen LogP contribution in [0, 0.1) is 11.3 Å². The molecule has 2 unspecified atom stereocenters. The van der Waals surface area contributed by atoms with Crippen LogP contribution < -0.4 is 10.6 Å². The Labute approximate surface area is 84.8 Å². The van der Waals surface area contributed by atoms with Crippen LogP contribution >= 0.6 is 0 Å². The number of β-amino-alcohol motifs (C(OH)–C–C–N with tert-alkyl or cyclic N) is 1. The summed E-state index contributed by atoms with van der Waals surface area (Å²) in [6.45, 7) is 6.70. The average Bonchev–Trinajstić information content (AvgIpc) is 2.73. The van der Waals surface area contributed by atoms with Crippen molar-refractivity contribution in [2.75, 3.05) is 19.6 Å². The van der Waals surface area contributed by atoms with Crippen LogP contribution in [0.5, 0.6) is 0 Å². The SMILES string of the molecule is CC1(C)CC1CNC1=NCC(O)CN1. The molecule has 4 nitrogen and oxygen atoms in total. The molecule has 80 valence electrons. The highest BCUT2D eigenvalue weighted by Crippen LogP contribution is 2.50. The van der Waals surface area contributed by atoms with Crippen LogP contribution in [0.3, 0.4) is 0 Å². The number of hydrogen-bond donors (Lipinski definition) is 3. The second-order valence-electron chi connectivity index (χ2n) is 4.99. The van der Waals surface area contributed by atoms with Crippen molar-refractivity contribution in [3.05, 3.63) is 0 Å². The second kappa shape index (κ2) is 3.42. The van der Waals surface area contributed by atoms with Crippen LogP contribution in [-0.4, -0.2) is 36.8 Å². The fourth-order valence-corrected chi connectivity index (χ4v) is 1.79. The number of hydrogen-bond acceptors (Lipinski definition) is 4. The molecule has 0 saturated heterocycles. The van der Waals surface area contributed by atoms with Crippen LogP contribution in [-0.2, 0) is 0 Å². The number of guanidine groups is 1. The third kappa shape index (κ3) is 2.18. The van der Waals surface area contributed by atoms with Gasteiger partial charge < -0.3 is 15.7 Å². The van der Waals surface area contributed by atoms with Gasteiger partial charge in [-0.15, -0.1) is 0 Å². The van der Waals surface area contributed by atoms with E-state index in [-0.39, 0.29) is 6.10 Å². The third-order valence-electron chi connectivity index (χ3n) is 3.20. The summed E-state index contributed by atoms with van der Waals surface area (Å²) >= 11 is 0. The topological polar surface area (TPSA) is 56.7 Å². The predicted octanol–water partition coefficient (Wildman–Crippen LogP) is -0.0578. The number of aliphatic hydroxyl groups is 1. The molecular weight excluding hydrogens is 178 g/mol. The summed E-state index contributed by atoms with van der Waals surface area (Å²) < 4.78 is 0. The van der Waals surface area contributed by atoms with E-state index in [2.05, 4.69) is 29.5 Å². The predicted molar refractivity (Wildman–Crippen MR) is 56.2 cm³/mol. The van der Waals surface area contributed by atoms with Gasteiger partial charge in [-0.1, -0.05) is 13.8 Å². The van der Waals surface area contributed by atoms with Gasteiger partial charge >= 0.3 is 0 Å². The van der Waals surface area contributed by atoms with E-state index >= 15 is 0 Å². The zero-order chi connectivity index (χ0) is 10.2. The molecule has 2 aliphatic rings. The normalized spacial score (nSPS) is 34.4. The molecule has 2 atom stereocenters. The van der Waals surface area contributed by atoms with E-state index in [9.17, 15) is 5.11 Å². The molecule has 1 aliphatic heterocycles. The molecule has 1 fully saturated rings. The standard InChI is InChI=1S/C10H19N3O/c1-10(2)3-7(10)4-11-9-12-5-8(14)6-13-9/h7-8,14H,3-6H2,1-2H3,(H2,11,12,13). The molecule has 0 amide bonds. The first-order valence-electron chi connectivity index (χ1n) is 5.28. The van der Waals surface area contributed by atoms with E-state index in [1.54, 1.807) is 0 Å². The van der Waals surface area contributed by atoms with Gasteiger partial charge in [-0.25, -0.2) is 0 Å². The van der Waals surface area contributed by atoms with E-state index in [1.165, 1.54) is 6.42 Å². The van der Waals surface area contributed by atoms with E-state index in [0.717, 1.165) is 18.4 Å². The summed E-state index contributed by atoms with van der Waals surface area (Å²) in [5, 5.41) is 15.6. The lowest BCUT2D eigenvalue weighted by molar-refractivity contribution is 0.180. The van der Waals surface area contributed by atoms with Crippen molar-refractivity contribution in [1.29, 1.82) is 0 Å². The number of rotatable bonds is 2. The van der Waals surface area contributed by atoms with Crippen molar-refractivity contribution < 1.29 is 5.11 Å². The van der Waals surface area contributed by atoms with Crippen molar-refractivity contribution in [1.82, 2.24) is 10.6 Å². The molecule has 0 spiro atoms. The lowest BCUT2D eigenvalue weighted by atomic mass is 10.1. The molecule has 0 aromatic carbocycles. The zero-order valence-corrected chi connectivity index (χ0v) is 8.88. The number of aliphatic hydroxyl groups excluding tert-OH is 1. The summed E-state index contributed by atoms with van der Waals surface area (Å²) in [5.41, 5.74) is 0.516. The van der Waals surface area contributed by atoms with E-state index in [1.807, 2.05) is 0 Å². The van der Waals surface area contributed by atoms with Gasteiger partial charge in [0.15, 0.2) is 5.96 Å². The Morgan fingerprint density at radius 2 is 2.36 bits per heavy atom. The summed E-state index contributed by atoms with van der Waals surface area (Å²) in [6, 6.07) is 0. The van der Waals surface area contributed by atoms with Crippen LogP contribution in [0.15, 0.2) is 4.99 Å². The van der Waals surface area contributed by atoms with Crippen molar-refractivity contribution in [2.24, 2.45) is 16.3 Å². The van der Waals surface area contributed by atoms with Crippen molar-refractivity contribution in [3.8, 4) is 0 Å². The molecule has 1 aliphatic carbocycles. The largest absolute Gasteiger partial charge is 0.389 e. The Morgan fingerprint density at radius 1 is 1.64 bits per heavy atom. The van der Waals surface area contributed by atoms with Gasteiger partial charge in [0.05, 0.1) is 12.6 Å². The smallest absolute Gasteiger partial charge is 0.191 e. The van der Waals surface area contributed by atoms with Crippen LogP contribution in [0.25, 0.3) is 0 Å². The minimum absolute atomic E-state index is 0.321. The van der Waals surface area contributed by atoms with Gasteiger partial charge in [0.2, 0.25) is 0 Å². The lowest BCUT2D eigenvalue weighted by Crippen LogP contribution is -2.46. The number of aliphatic imine (C=N–C) groups is 1. The summed E-state index contributed by atoms with van der Waals surface area (Å²) in [6.07, 6.45) is 0.980. The van der Waals surface area contributed by atoms with Gasteiger partial charge in [0.25, 0.3) is 0 Å². The van der Waals surface area contributed by atoms with Crippen LogP contribution in [0.4, 0.5) is 0 Å². The van der Waals surface area contributed by atoms with Gasteiger partial charge in [0.1, 0.15) is 0 Å². The van der Waals surface area contributed by atoms with E-state index in [0.29, 0.717) is 18.5 Å². The first-order chi connectivity index (χ1) is 6.58. The first kappa shape index (κ1) is 9.77.